The maximum Gasteiger partial charge on any atom is 0.317 e. The normalized spacial score (nSPS) is 26.0. The molecule has 0 amide bonds. The second-order valence-electron chi connectivity index (χ2n) is 4.03. The summed E-state index contributed by atoms with van der Waals surface area (Å²) in [6.45, 7) is 6.38. The van der Waals surface area contributed by atoms with Gasteiger partial charge in [-0.3, -0.25) is 14.6 Å². The molecule has 0 spiro atoms. The molecule has 0 aromatic carbocycles. The molecule has 0 radical (unpaired) electrons. The summed E-state index contributed by atoms with van der Waals surface area (Å²) in [6, 6.07) is 0.594. The molecule has 2 saturated heterocycles. The minimum atomic E-state index is -0.719. The molecule has 5 nitrogen and oxygen atoms in total. The molecular weight excluding hydrogens is 182 g/mol. The Balaban J connectivity index is 1.68. The number of carboxylic acids is 1. The van der Waals surface area contributed by atoms with Crippen molar-refractivity contribution in [1.29, 1.82) is 0 Å². The third-order valence-electron chi connectivity index (χ3n) is 2.96. The molecule has 0 aromatic rings. The van der Waals surface area contributed by atoms with E-state index in [4.69, 9.17) is 5.11 Å². The first kappa shape index (κ1) is 9.89. The van der Waals surface area contributed by atoms with E-state index in [1.54, 1.807) is 0 Å². The van der Waals surface area contributed by atoms with Crippen LogP contribution in [0.2, 0.25) is 0 Å². The summed E-state index contributed by atoms with van der Waals surface area (Å²) >= 11 is 0. The van der Waals surface area contributed by atoms with Gasteiger partial charge in [0, 0.05) is 45.3 Å². The lowest BCUT2D eigenvalue weighted by molar-refractivity contribution is -0.140. The van der Waals surface area contributed by atoms with Gasteiger partial charge in [-0.2, -0.15) is 0 Å². The van der Waals surface area contributed by atoms with Gasteiger partial charge in [0.25, 0.3) is 0 Å². The van der Waals surface area contributed by atoms with Crippen molar-refractivity contribution in [2.75, 3.05) is 45.8 Å². The summed E-state index contributed by atoms with van der Waals surface area (Å²) in [7, 11) is 0. The van der Waals surface area contributed by atoms with E-state index in [2.05, 4.69) is 10.2 Å². The summed E-state index contributed by atoms with van der Waals surface area (Å²) in [4.78, 5) is 14.9. The van der Waals surface area contributed by atoms with Crippen LogP contribution in [0.25, 0.3) is 0 Å². The van der Waals surface area contributed by atoms with Crippen molar-refractivity contribution in [2.45, 2.75) is 6.04 Å². The maximum atomic E-state index is 10.4. The van der Waals surface area contributed by atoms with Crippen molar-refractivity contribution >= 4 is 5.97 Å². The lowest BCUT2D eigenvalue weighted by atomic mass is 10.1. The first-order chi connectivity index (χ1) is 6.75. The van der Waals surface area contributed by atoms with Crippen LogP contribution in [-0.4, -0.2) is 72.7 Å². The third kappa shape index (κ3) is 2.23. The Morgan fingerprint density at radius 3 is 2.57 bits per heavy atom. The van der Waals surface area contributed by atoms with Crippen LogP contribution >= 0.6 is 0 Å². The third-order valence-corrected chi connectivity index (χ3v) is 2.96. The quantitative estimate of drug-likeness (QED) is 0.589. The van der Waals surface area contributed by atoms with Gasteiger partial charge >= 0.3 is 5.97 Å². The number of nitrogens with one attached hydrogen (secondary N) is 1. The van der Waals surface area contributed by atoms with E-state index >= 15 is 0 Å². The standard InChI is InChI=1S/C9H17N3O2/c13-9(14)7-11-5-8(6-11)12-3-1-10-2-4-12/h8,10H,1-7H2,(H,13,14). The zero-order valence-electron chi connectivity index (χ0n) is 8.28. The van der Waals surface area contributed by atoms with Gasteiger partial charge in [0.2, 0.25) is 0 Å². The van der Waals surface area contributed by atoms with Crippen LogP contribution in [0.4, 0.5) is 0 Å². The fourth-order valence-corrected chi connectivity index (χ4v) is 2.14. The average molecular weight is 199 g/mol. The molecule has 0 bridgehead atoms. The number of hydrogen-bond donors (Lipinski definition) is 2. The Kier molecular flexibility index (Phi) is 3.00. The first-order valence-corrected chi connectivity index (χ1v) is 5.14. The first-order valence-electron chi connectivity index (χ1n) is 5.14. The van der Waals surface area contributed by atoms with Crippen LogP contribution < -0.4 is 5.32 Å². The van der Waals surface area contributed by atoms with E-state index in [1.807, 2.05) is 4.90 Å². The predicted molar refractivity (Wildman–Crippen MR) is 52.3 cm³/mol. The Morgan fingerprint density at radius 1 is 1.36 bits per heavy atom. The van der Waals surface area contributed by atoms with E-state index in [0.29, 0.717) is 6.04 Å². The fourth-order valence-electron chi connectivity index (χ4n) is 2.14. The average Bonchev–Trinajstić information content (AvgIpc) is 2.12. The van der Waals surface area contributed by atoms with Gasteiger partial charge in [-0.25, -0.2) is 0 Å². The Morgan fingerprint density at radius 2 is 2.00 bits per heavy atom. The van der Waals surface area contributed by atoms with Crippen molar-refractivity contribution in [3.63, 3.8) is 0 Å². The molecule has 0 aliphatic carbocycles. The fraction of sp³-hybridized carbons (Fsp3) is 0.889. The number of nitrogens with zero attached hydrogens (tertiary/aromatic N) is 2. The summed E-state index contributed by atoms with van der Waals surface area (Å²) in [5.41, 5.74) is 0. The molecule has 2 aliphatic heterocycles. The second kappa shape index (κ2) is 4.25. The van der Waals surface area contributed by atoms with E-state index in [1.165, 1.54) is 0 Å². The van der Waals surface area contributed by atoms with Gasteiger partial charge < -0.3 is 10.4 Å². The molecule has 0 saturated carbocycles. The highest BCUT2D eigenvalue weighted by Gasteiger charge is 2.32. The molecule has 2 rings (SSSR count). The van der Waals surface area contributed by atoms with Crippen LogP contribution in [0, 0.1) is 0 Å². The summed E-state index contributed by atoms with van der Waals surface area (Å²) in [5, 5.41) is 11.9. The summed E-state index contributed by atoms with van der Waals surface area (Å²) in [5.74, 6) is -0.719. The predicted octanol–water partition coefficient (Wildman–Crippen LogP) is -1.34. The Bertz CT molecular complexity index is 210. The minimum absolute atomic E-state index is 0.197. The zero-order valence-corrected chi connectivity index (χ0v) is 8.28. The molecule has 0 unspecified atom stereocenters. The van der Waals surface area contributed by atoms with Gasteiger partial charge in [0.1, 0.15) is 0 Å². The van der Waals surface area contributed by atoms with Crippen LogP contribution in [0.1, 0.15) is 0 Å². The van der Waals surface area contributed by atoms with Crippen LogP contribution in [-0.2, 0) is 4.79 Å². The number of piperazine rings is 1. The van der Waals surface area contributed by atoms with E-state index in [9.17, 15) is 4.79 Å². The van der Waals surface area contributed by atoms with Crippen molar-refractivity contribution in [3.8, 4) is 0 Å². The number of likely N-dealkylation sites (tertiary alicyclic amines) is 1. The molecule has 2 N–H and O–H groups in total. The van der Waals surface area contributed by atoms with Gasteiger partial charge in [-0.15, -0.1) is 0 Å². The van der Waals surface area contributed by atoms with Gasteiger partial charge in [-0.05, 0) is 0 Å². The smallest absolute Gasteiger partial charge is 0.317 e. The lowest BCUT2D eigenvalue weighted by Crippen LogP contribution is -2.63. The van der Waals surface area contributed by atoms with Crippen molar-refractivity contribution in [2.24, 2.45) is 0 Å². The van der Waals surface area contributed by atoms with Crippen LogP contribution in [0.15, 0.2) is 0 Å². The SMILES string of the molecule is O=C(O)CN1CC(N2CCNCC2)C1. The lowest BCUT2D eigenvalue weighted by Gasteiger charge is -2.46. The number of rotatable bonds is 3. The number of carbonyl (C=O) groups is 1. The number of hydrogen-bond acceptors (Lipinski definition) is 4. The van der Waals surface area contributed by atoms with Gasteiger partial charge in [-0.1, -0.05) is 0 Å². The molecule has 5 heteroatoms. The highest BCUT2D eigenvalue weighted by atomic mass is 16.4. The molecule has 2 aliphatic rings. The van der Waals surface area contributed by atoms with E-state index in [0.717, 1.165) is 39.3 Å². The number of carboxylic acid groups (broad SMARTS) is 1. The molecule has 14 heavy (non-hydrogen) atoms. The molecule has 0 atom stereocenters. The van der Waals surface area contributed by atoms with E-state index < -0.39 is 5.97 Å². The van der Waals surface area contributed by atoms with Crippen molar-refractivity contribution in [3.05, 3.63) is 0 Å². The van der Waals surface area contributed by atoms with Crippen molar-refractivity contribution in [1.82, 2.24) is 15.1 Å². The van der Waals surface area contributed by atoms with Crippen LogP contribution in [0.3, 0.4) is 0 Å². The topological polar surface area (TPSA) is 55.8 Å². The molecule has 0 aromatic heterocycles. The number of aliphatic carboxylic acids is 1. The Labute approximate surface area is 83.7 Å². The Hall–Kier alpha value is -0.650. The van der Waals surface area contributed by atoms with Gasteiger partial charge in [0.15, 0.2) is 0 Å². The van der Waals surface area contributed by atoms with Crippen molar-refractivity contribution < 1.29 is 9.90 Å². The monoisotopic (exact) mass is 199 g/mol. The molecule has 2 fully saturated rings. The summed E-state index contributed by atoms with van der Waals surface area (Å²) in [6.07, 6.45) is 0. The molecule has 2 heterocycles. The van der Waals surface area contributed by atoms with E-state index in [-0.39, 0.29) is 6.54 Å². The summed E-state index contributed by atoms with van der Waals surface area (Å²) < 4.78 is 0. The maximum absolute atomic E-state index is 10.4. The largest absolute Gasteiger partial charge is 0.480 e. The highest BCUT2D eigenvalue weighted by molar-refractivity contribution is 5.69. The van der Waals surface area contributed by atoms with Gasteiger partial charge in [0.05, 0.1) is 6.54 Å². The second-order valence-corrected chi connectivity index (χ2v) is 4.03. The zero-order chi connectivity index (χ0) is 9.97. The highest BCUT2D eigenvalue weighted by Crippen LogP contribution is 2.14. The molecule has 80 valence electrons. The minimum Gasteiger partial charge on any atom is -0.480 e. The van der Waals surface area contributed by atoms with Crippen LogP contribution in [0.5, 0.6) is 0 Å². The molecular formula is C9H17N3O2.